The van der Waals surface area contributed by atoms with E-state index < -0.39 is 0 Å². The zero-order valence-electron chi connectivity index (χ0n) is 17.1. The summed E-state index contributed by atoms with van der Waals surface area (Å²) in [5.74, 6) is -0.273. The molecule has 1 unspecified atom stereocenters. The Balaban J connectivity index is 1.49. The minimum atomic E-state index is -0.270. The molecule has 0 radical (unpaired) electrons. The predicted octanol–water partition coefficient (Wildman–Crippen LogP) is 3.92. The van der Waals surface area contributed by atoms with Crippen LogP contribution in [0.25, 0.3) is 5.57 Å². The van der Waals surface area contributed by atoms with E-state index in [9.17, 15) is 4.79 Å². The van der Waals surface area contributed by atoms with E-state index in [0.717, 1.165) is 22.4 Å². The van der Waals surface area contributed by atoms with Crippen LogP contribution in [-0.4, -0.2) is 56.0 Å². The lowest BCUT2D eigenvalue weighted by Crippen LogP contribution is -2.33. The molecule has 3 aliphatic rings. The fourth-order valence-corrected chi connectivity index (χ4v) is 3.98. The summed E-state index contributed by atoms with van der Waals surface area (Å²) in [5, 5.41) is 0. The smallest absolute Gasteiger partial charge is 0.252 e. The number of anilines is 1. The van der Waals surface area contributed by atoms with Crippen molar-refractivity contribution in [3.63, 3.8) is 0 Å². The van der Waals surface area contributed by atoms with Gasteiger partial charge in [-0.2, -0.15) is 0 Å². The Morgan fingerprint density at radius 1 is 1.17 bits per heavy atom. The van der Waals surface area contributed by atoms with Gasteiger partial charge < -0.3 is 14.7 Å². The minimum Gasteiger partial charge on any atom is -0.378 e. The Bertz CT molecular complexity index is 966. The molecule has 1 amide bonds. The molecule has 1 atom stereocenters. The summed E-state index contributed by atoms with van der Waals surface area (Å²) in [6, 6.07) is 8.14. The normalized spacial score (nSPS) is 21.2. The first-order valence-electron chi connectivity index (χ1n) is 9.88. The number of carbonyl (C=O) groups is 1. The van der Waals surface area contributed by atoms with Crippen molar-refractivity contribution in [1.29, 1.82) is 0 Å². The average molecular weight is 391 g/mol. The number of carbonyl (C=O) groups excluding carboxylic acids is 1. The Morgan fingerprint density at radius 2 is 1.93 bits per heavy atom. The van der Waals surface area contributed by atoms with Crippen molar-refractivity contribution >= 4 is 17.2 Å². The largest absolute Gasteiger partial charge is 0.378 e. The molecule has 4 nitrogen and oxygen atoms in total. The summed E-state index contributed by atoms with van der Waals surface area (Å²) in [6.45, 7) is 0.881. The molecule has 5 heteroatoms. The number of amides is 1. The number of nitrogens with zero attached hydrogens (tertiary/aromatic N) is 3. The van der Waals surface area contributed by atoms with E-state index in [0.29, 0.717) is 25.1 Å². The lowest BCUT2D eigenvalue weighted by Gasteiger charge is -2.25. The van der Waals surface area contributed by atoms with Gasteiger partial charge in [0.1, 0.15) is 5.83 Å². The standard InChI is InChI=1S/C24H26FN3O/c1-26(2)20-11-9-17(10-12-20)18-6-4-7-19(22(25)14-18)15-28-16-23-21(24(28)29)8-5-13-27(23)3/h5-14,23H,4,15-16H2,1-3H3. The lowest BCUT2D eigenvalue weighted by atomic mass is 10.0. The van der Waals surface area contributed by atoms with Crippen LogP contribution >= 0.6 is 0 Å². The third kappa shape index (κ3) is 3.77. The third-order valence-corrected chi connectivity index (χ3v) is 5.74. The molecule has 1 aromatic rings. The number of hydrogen-bond acceptors (Lipinski definition) is 3. The van der Waals surface area contributed by atoms with E-state index >= 15 is 4.39 Å². The molecule has 0 bridgehead atoms. The lowest BCUT2D eigenvalue weighted by molar-refractivity contribution is -0.124. The van der Waals surface area contributed by atoms with Crippen LogP contribution in [0.4, 0.5) is 10.1 Å². The maximum Gasteiger partial charge on any atom is 0.252 e. The molecular weight excluding hydrogens is 365 g/mol. The highest BCUT2D eigenvalue weighted by atomic mass is 19.1. The second-order valence-corrected chi connectivity index (χ2v) is 7.89. The highest BCUT2D eigenvalue weighted by Gasteiger charge is 2.37. The number of hydrogen-bond donors (Lipinski definition) is 0. The zero-order chi connectivity index (χ0) is 20.5. The van der Waals surface area contributed by atoms with Gasteiger partial charge in [-0.15, -0.1) is 0 Å². The van der Waals surface area contributed by atoms with E-state index in [2.05, 4.69) is 0 Å². The van der Waals surface area contributed by atoms with Gasteiger partial charge in [-0.05, 0) is 54.1 Å². The zero-order valence-corrected chi connectivity index (χ0v) is 17.1. The molecule has 2 heterocycles. The van der Waals surface area contributed by atoms with Crippen molar-refractivity contribution in [2.75, 3.05) is 39.1 Å². The summed E-state index contributed by atoms with van der Waals surface area (Å²) in [6.07, 6.45) is 11.9. The van der Waals surface area contributed by atoms with Crippen LogP contribution in [0, 0.1) is 0 Å². The van der Waals surface area contributed by atoms with Gasteiger partial charge in [0.25, 0.3) is 5.91 Å². The maximum absolute atomic E-state index is 15.0. The summed E-state index contributed by atoms with van der Waals surface area (Å²) in [4.78, 5) is 18.6. The molecule has 1 saturated heterocycles. The van der Waals surface area contributed by atoms with Crippen LogP contribution in [0.3, 0.4) is 0 Å². The van der Waals surface area contributed by atoms with Crippen LogP contribution in [0.2, 0.25) is 0 Å². The predicted molar refractivity (Wildman–Crippen MR) is 116 cm³/mol. The van der Waals surface area contributed by atoms with Crippen LogP contribution in [0.15, 0.2) is 77.8 Å². The second-order valence-electron chi connectivity index (χ2n) is 7.89. The van der Waals surface area contributed by atoms with Crippen molar-refractivity contribution in [2.24, 2.45) is 0 Å². The quantitative estimate of drug-likeness (QED) is 0.779. The first-order chi connectivity index (χ1) is 13.9. The highest BCUT2D eigenvalue weighted by Crippen LogP contribution is 2.30. The van der Waals surface area contributed by atoms with Gasteiger partial charge in [0.2, 0.25) is 0 Å². The minimum absolute atomic E-state index is 0.00314. The molecule has 1 aliphatic carbocycles. The van der Waals surface area contributed by atoms with Crippen molar-refractivity contribution in [3.05, 3.63) is 83.4 Å². The number of halogens is 1. The molecule has 0 saturated carbocycles. The number of allylic oxidation sites excluding steroid dienone is 6. The third-order valence-electron chi connectivity index (χ3n) is 5.74. The number of rotatable bonds is 4. The van der Waals surface area contributed by atoms with Crippen molar-refractivity contribution in [2.45, 2.75) is 12.5 Å². The fourth-order valence-electron chi connectivity index (χ4n) is 3.98. The number of likely N-dealkylation sites (N-methyl/N-ethyl adjacent to an activating group) is 1. The van der Waals surface area contributed by atoms with Crippen LogP contribution in [0.5, 0.6) is 0 Å². The molecule has 0 N–H and O–H groups in total. The van der Waals surface area contributed by atoms with Gasteiger partial charge in [0, 0.05) is 51.1 Å². The Labute approximate surface area is 171 Å². The van der Waals surface area contributed by atoms with Crippen molar-refractivity contribution in [3.8, 4) is 0 Å². The van der Waals surface area contributed by atoms with Gasteiger partial charge in [-0.1, -0.05) is 24.3 Å². The van der Waals surface area contributed by atoms with Gasteiger partial charge in [-0.25, -0.2) is 4.39 Å². The molecule has 4 rings (SSSR count). The topological polar surface area (TPSA) is 26.8 Å². The van der Waals surface area contributed by atoms with Gasteiger partial charge in [0.15, 0.2) is 0 Å². The van der Waals surface area contributed by atoms with Gasteiger partial charge in [-0.3, -0.25) is 4.79 Å². The van der Waals surface area contributed by atoms with E-state index in [-0.39, 0.29) is 17.8 Å². The SMILES string of the molecule is CN(C)c1ccc(C2=CCC=C(CN3CC4C(=CC=CN4C)C3=O)C(F)=C2)cc1. The molecule has 2 aliphatic heterocycles. The van der Waals surface area contributed by atoms with Crippen LogP contribution in [-0.2, 0) is 4.79 Å². The maximum atomic E-state index is 15.0. The number of fused-ring (bicyclic) bond motifs is 1. The Morgan fingerprint density at radius 3 is 2.62 bits per heavy atom. The Kier molecular flexibility index (Phi) is 5.14. The second kappa shape index (κ2) is 7.74. The van der Waals surface area contributed by atoms with E-state index in [1.165, 1.54) is 0 Å². The van der Waals surface area contributed by atoms with Gasteiger partial charge >= 0.3 is 0 Å². The van der Waals surface area contributed by atoms with Crippen molar-refractivity contribution < 1.29 is 9.18 Å². The molecule has 0 aromatic heterocycles. The Hall–Kier alpha value is -3.08. The van der Waals surface area contributed by atoms with Crippen LogP contribution in [0.1, 0.15) is 12.0 Å². The first kappa shape index (κ1) is 19.2. The van der Waals surface area contributed by atoms with Gasteiger partial charge in [0.05, 0.1) is 6.04 Å². The highest BCUT2D eigenvalue weighted by molar-refractivity contribution is 5.98. The van der Waals surface area contributed by atoms with Crippen molar-refractivity contribution in [1.82, 2.24) is 9.80 Å². The summed E-state index contributed by atoms with van der Waals surface area (Å²) in [7, 11) is 5.96. The first-order valence-corrected chi connectivity index (χ1v) is 9.88. The number of likely N-dealkylation sites (tertiary alicyclic amines) is 1. The van der Waals surface area contributed by atoms with E-state index in [4.69, 9.17) is 0 Å². The van der Waals surface area contributed by atoms with E-state index in [1.807, 2.05) is 85.7 Å². The summed E-state index contributed by atoms with van der Waals surface area (Å²) in [5.41, 5.74) is 4.32. The fraction of sp³-hybridized carbons (Fsp3) is 0.292. The monoisotopic (exact) mass is 391 g/mol. The number of benzene rings is 1. The molecule has 0 spiro atoms. The molecule has 1 fully saturated rings. The molecular formula is C24H26FN3O. The average Bonchev–Trinajstić information content (AvgIpc) is 2.91. The summed E-state index contributed by atoms with van der Waals surface area (Å²) < 4.78 is 15.0. The molecule has 150 valence electrons. The van der Waals surface area contributed by atoms with E-state index in [1.54, 1.807) is 11.0 Å². The van der Waals surface area contributed by atoms with Crippen LogP contribution < -0.4 is 4.90 Å². The molecule has 1 aromatic carbocycles. The molecule has 29 heavy (non-hydrogen) atoms. The summed E-state index contributed by atoms with van der Waals surface area (Å²) >= 11 is 0.